The number of nitrogens with zero attached hydrogens (tertiary/aromatic N) is 6. The lowest BCUT2D eigenvalue weighted by Crippen LogP contribution is -2.31. The first-order valence-electron chi connectivity index (χ1n) is 10.2. The number of carbonyl (C=O) groups excluding carboxylic acids is 1. The van der Waals surface area contributed by atoms with Crippen molar-refractivity contribution in [3.05, 3.63) is 100 Å². The molecule has 2 aromatic heterocycles. The first kappa shape index (κ1) is 21.7. The van der Waals surface area contributed by atoms with E-state index in [0.717, 1.165) is 16.5 Å². The number of carbonyl (C=O) groups is 1. The third-order valence-corrected chi connectivity index (χ3v) is 5.54. The van der Waals surface area contributed by atoms with Gasteiger partial charge in [0, 0.05) is 21.1 Å². The Balaban J connectivity index is 1.46. The second-order valence-corrected chi connectivity index (χ2v) is 8.33. The van der Waals surface area contributed by atoms with Crippen molar-refractivity contribution in [2.24, 2.45) is 0 Å². The maximum absolute atomic E-state index is 14.0. The predicted molar refractivity (Wildman–Crippen MR) is 125 cm³/mol. The van der Waals surface area contributed by atoms with Gasteiger partial charge < -0.3 is 9.74 Å². The first-order chi connectivity index (χ1) is 16.6. The Labute approximate surface area is 201 Å². The first-order valence-corrected chi connectivity index (χ1v) is 11.0. The average Bonchev–Trinajstić information content (AvgIpc) is 3.50. The molecule has 5 rings (SSSR count). The number of aromatic nitrogens is 6. The van der Waals surface area contributed by atoms with E-state index in [9.17, 15) is 9.18 Å². The number of nitrogens with one attached hydrogen (secondary N) is 1. The molecule has 0 spiro atoms. The molecule has 1 amide bonds. The van der Waals surface area contributed by atoms with Crippen molar-refractivity contribution >= 4 is 38.4 Å². The number of aromatic amines is 1. The number of H-pyrrole nitrogens is 1. The third kappa shape index (κ3) is 4.64. The Hall–Kier alpha value is -4.12. The zero-order chi connectivity index (χ0) is 23.5. The molecule has 170 valence electrons. The predicted octanol–water partition coefficient (Wildman–Crippen LogP) is 3.93. The number of benzene rings is 3. The van der Waals surface area contributed by atoms with Crippen LogP contribution in [0.25, 0.3) is 10.9 Å². The van der Waals surface area contributed by atoms with Gasteiger partial charge in [-0.05, 0) is 52.4 Å². The number of anilines is 1. The number of tetrazole rings is 1. The van der Waals surface area contributed by atoms with Crippen molar-refractivity contribution in [3.8, 4) is 0 Å². The SMILES string of the molecule is O=C(c1cc(F)cc(Br)c1)N(Cc1nnn[nH]1)c1ccc2c(cnn2OCc2ccccc2)c1. The van der Waals surface area contributed by atoms with Gasteiger partial charge >= 0.3 is 0 Å². The molecule has 0 aliphatic rings. The van der Waals surface area contributed by atoms with Crippen LogP contribution in [0.2, 0.25) is 0 Å². The van der Waals surface area contributed by atoms with Gasteiger partial charge in [0.25, 0.3) is 5.91 Å². The quantitative estimate of drug-likeness (QED) is 0.348. The second kappa shape index (κ2) is 9.40. The number of hydrogen-bond acceptors (Lipinski definition) is 6. The van der Waals surface area contributed by atoms with E-state index in [2.05, 4.69) is 41.7 Å². The molecule has 0 aliphatic heterocycles. The van der Waals surface area contributed by atoms with Crippen LogP contribution in [0.3, 0.4) is 0 Å². The highest BCUT2D eigenvalue weighted by atomic mass is 79.9. The summed E-state index contributed by atoms with van der Waals surface area (Å²) in [6, 6.07) is 19.2. The maximum Gasteiger partial charge on any atom is 0.258 e. The minimum absolute atomic E-state index is 0.0596. The maximum atomic E-state index is 14.0. The van der Waals surface area contributed by atoms with Gasteiger partial charge in [-0.3, -0.25) is 4.79 Å². The Kier molecular flexibility index (Phi) is 6.00. The molecule has 5 aromatic rings. The highest BCUT2D eigenvalue weighted by Gasteiger charge is 2.22. The fraction of sp³-hybridized carbons (Fsp3) is 0.0870. The van der Waals surface area contributed by atoms with Gasteiger partial charge in [-0.2, -0.15) is 0 Å². The zero-order valence-electron chi connectivity index (χ0n) is 17.6. The van der Waals surface area contributed by atoms with E-state index in [4.69, 9.17) is 4.84 Å². The standard InChI is InChI=1S/C23H17BrFN7O2/c24-18-8-16(9-19(25)11-18)23(33)31(13-22-27-29-30-28-22)20-6-7-21-17(10-20)12-26-32(21)34-14-15-4-2-1-3-5-15/h1-12H,13-14H2,(H,27,28,29,30). The summed E-state index contributed by atoms with van der Waals surface area (Å²) in [7, 11) is 0. The summed E-state index contributed by atoms with van der Waals surface area (Å²) in [6.07, 6.45) is 1.65. The molecule has 0 fully saturated rings. The molecule has 0 unspecified atom stereocenters. The Morgan fingerprint density at radius 1 is 1.12 bits per heavy atom. The molecule has 0 radical (unpaired) electrons. The van der Waals surface area contributed by atoms with Gasteiger partial charge in [0.1, 0.15) is 17.9 Å². The van der Waals surface area contributed by atoms with Crippen molar-refractivity contribution < 1.29 is 14.0 Å². The van der Waals surface area contributed by atoms with Crippen LogP contribution in [0.4, 0.5) is 10.1 Å². The van der Waals surface area contributed by atoms with Gasteiger partial charge in [-0.15, -0.1) is 10.2 Å². The Bertz CT molecular complexity index is 1420. The third-order valence-electron chi connectivity index (χ3n) is 5.08. The van der Waals surface area contributed by atoms with Crippen molar-refractivity contribution in [2.75, 3.05) is 4.90 Å². The summed E-state index contributed by atoms with van der Waals surface area (Å²) in [4.78, 5) is 22.1. The van der Waals surface area contributed by atoms with E-state index in [0.29, 0.717) is 22.6 Å². The lowest BCUT2D eigenvalue weighted by Gasteiger charge is -2.22. The van der Waals surface area contributed by atoms with Crippen LogP contribution in [0.15, 0.2) is 77.4 Å². The van der Waals surface area contributed by atoms with E-state index in [1.54, 1.807) is 24.4 Å². The van der Waals surface area contributed by atoms with E-state index < -0.39 is 11.7 Å². The minimum Gasteiger partial charge on any atom is -0.391 e. The molecule has 0 bridgehead atoms. The molecule has 34 heavy (non-hydrogen) atoms. The van der Waals surface area contributed by atoms with Gasteiger partial charge in [-0.1, -0.05) is 51.1 Å². The van der Waals surface area contributed by atoms with Crippen LogP contribution < -0.4 is 9.74 Å². The van der Waals surface area contributed by atoms with Crippen molar-refractivity contribution in [2.45, 2.75) is 13.2 Å². The molecule has 2 heterocycles. The topological polar surface area (TPSA) is 102 Å². The van der Waals surface area contributed by atoms with Gasteiger partial charge in [-0.25, -0.2) is 9.49 Å². The highest BCUT2D eigenvalue weighted by molar-refractivity contribution is 9.10. The Morgan fingerprint density at radius 2 is 1.97 bits per heavy atom. The molecule has 1 N–H and O–H groups in total. The Morgan fingerprint density at radius 3 is 2.74 bits per heavy atom. The summed E-state index contributed by atoms with van der Waals surface area (Å²) in [5.41, 5.74) is 2.50. The summed E-state index contributed by atoms with van der Waals surface area (Å²) < 4.78 is 14.4. The van der Waals surface area contributed by atoms with Crippen molar-refractivity contribution in [3.63, 3.8) is 0 Å². The van der Waals surface area contributed by atoms with Crippen LogP contribution in [0, 0.1) is 5.82 Å². The number of halogens is 2. The van der Waals surface area contributed by atoms with Crippen molar-refractivity contribution in [1.82, 2.24) is 30.6 Å². The number of amides is 1. The summed E-state index contributed by atoms with van der Waals surface area (Å²) in [5, 5.41) is 18.8. The lowest BCUT2D eigenvalue weighted by molar-refractivity contribution is 0.0795. The van der Waals surface area contributed by atoms with Crippen LogP contribution >= 0.6 is 15.9 Å². The summed E-state index contributed by atoms with van der Waals surface area (Å²) in [6.45, 7) is 0.418. The molecular weight excluding hydrogens is 505 g/mol. The molecule has 0 saturated carbocycles. The molecule has 11 heteroatoms. The molecule has 0 aliphatic carbocycles. The fourth-order valence-corrected chi connectivity index (χ4v) is 3.95. The fourth-order valence-electron chi connectivity index (χ4n) is 3.49. The normalized spacial score (nSPS) is 11.0. The van der Waals surface area contributed by atoms with E-state index in [-0.39, 0.29) is 12.1 Å². The van der Waals surface area contributed by atoms with Gasteiger partial charge in [0.15, 0.2) is 5.82 Å². The molecule has 0 atom stereocenters. The van der Waals surface area contributed by atoms with E-state index >= 15 is 0 Å². The van der Waals surface area contributed by atoms with Gasteiger partial charge in [0.2, 0.25) is 0 Å². The van der Waals surface area contributed by atoms with Crippen molar-refractivity contribution in [1.29, 1.82) is 0 Å². The number of rotatable bonds is 7. The largest absolute Gasteiger partial charge is 0.391 e. The van der Waals surface area contributed by atoms with Gasteiger partial charge in [0.05, 0.1) is 12.7 Å². The second-order valence-electron chi connectivity index (χ2n) is 7.42. The smallest absolute Gasteiger partial charge is 0.258 e. The van der Waals surface area contributed by atoms with Crippen LogP contribution in [0.5, 0.6) is 0 Å². The lowest BCUT2D eigenvalue weighted by atomic mass is 10.1. The molecule has 9 nitrogen and oxygen atoms in total. The molecule has 0 saturated heterocycles. The summed E-state index contributed by atoms with van der Waals surface area (Å²) >= 11 is 3.24. The average molecular weight is 522 g/mol. The molecule has 3 aromatic carbocycles. The molecular formula is C23H17BrFN7O2. The monoisotopic (exact) mass is 521 g/mol. The van der Waals surface area contributed by atoms with Crippen LogP contribution in [-0.4, -0.2) is 36.5 Å². The van der Waals surface area contributed by atoms with Crippen LogP contribution in [0.1, 0.15) is 21.7 Å². The summed E-state index contributed by atoms with van der Waals surface area (Å²) in [5.74, 6) is -0.555. The van der Waals surface area contributed by atoms with E-state index in [1.165, 1.54) is 21.9 Å². The number of fused-ring (bicyclic) bond motifs is 1. The van der Waals surface area contributed by atoms with Crippen LogP contribution in [-0.2, 0) is 13.2 Å². The highest BCUT2D eigenvalue weighted by Crippen LogP contribution is 2.26. The minimum atomic E-state index is -0.522. The number of hydrogen-bond donors (Lipinski definition) is 1. The zero-order valence-corrected chi connectivity index (χ0v) is 19.2. The van der Waals surface area contributed by atoms with E-state index in [1.807, 2.05) is 36.4 Å².